The average molecular weight is 419 g/mol. The highest BCUT2D eigenvalue weighted by molar-refractivity contribution is 6.90. The monoisotopic (exact) mass is 419 g/mol. The molecule has 5 aromatic carbocycles. The van der Waals surface area contributed by atoms with E-state index in [2.05, 4.69) is 126 Å². The van der Waals surface area contributed by atoms with Crippen LogP contribution in [0.15, 0.2) is 121 Å². The van der Waals surface area contributed by atoms with Crippen LogP contribution in [-0.4, -0.2) is 6.85 Å². The Hall–Kier alpha value is -4.04. The summed E-state index contributed by atoms with van der Waals surface area (Å²) in [6.07, 6.45) is 1.02. The summed E-state index contributed by atoms with van der Waals surface area (Å²) in [5.74, 6) is 0. The van der Waals surface area contributed by atoms with Crippen molar-refractivity contribution < 1.29 is 0 Å². The van der Waals surface area contributed by atoms with Gasteiger partial charge in [0.1, 0.15) is 0 Å². The number of hydrogen-bond donors (Lipinski definition) is 0. The summed E-state index contributed by atoms with van der Waals surface area (Å²) in [4.78, 5) is 2.54. The minimum absolute atomic E-state index is 0.118. The van der Waals surface area contributed by atoms with Crippen LogP contribution in [0.5, 0.6) is 0 Å². The van der Waals surface area contributed by atoms with Crippen molar-refractivity contribution in [3.05, 3.63) is 132 Å². The molecule has 1 aliphatic carbocycles. The fourth-order valence-electron chi connectivity index (χ4n) is 5.68. The molecule has 0 atom stereocenters. The van der Waals surface area contributed by atoms with Crippen molar-refractivity contribution in [3.8, 4) is 22.3 Å². The zero-order valence-corrected chi connectivity index (χ0v) is 18.3. The van der Waals surface area contributed by atoms with E-state index < -0.39 is 0 Å². The number of benzene rings is 5. The highest BCUT2D eigenvalue weighted by Crippen LogP contribution is 2.43. The van der Waals surface area contributed by atoms with Gasteiger partial charge in [-0.25, -0.2) is 0 Å². The number of para-hydroxylation sites is 1. The summed E-state index contributed by atoms with van der Waals surface area (Å²) in [5.41, 5.74) is 13.4. The van der Waals surface area contributed by atoms with Gasteiger partial charge in [0.2, 0.25) is 0 Å². The van der Waals surface area contributed by atoms with Crippen molar-refractivity contribution in [2.75, 3.05) is 4.81 Å². The molecule has 2 heteroatoms. The predicted octanol–water partition coefficient (Wildman–Crippen LogP) is 6.18. The standard InChI is InChI=1S/C31H22BN/c1-2-11-24(12-3-1)32-30-16-8-6-14-27(30)28-15-7-9-17-31(28)33(32)25-19-18-23-20-22-10-4-5-13-26(22)29(23)21-25/h1-19,21H,20H2. The third kappa shape index (κ3) is 2.81. The molecule has 0 unspecified atom stereocenters. The van der Waals surface area contributed by atoms with Crippen molar-refractivity contribution >= 4 is 29.1 Å². The van der Waals surface area contributed by atoms with Gasteiger partial charge in [0.25, 0.3) is 0 Å². The maximum Gasteiger partial charge on any atom is 0.328 e. The molecule has 1 aliphatic heterocycles. The second-order valence-corrected chi connectivity index (χ2v) is 8.96. The Bertz CT molecular complexity index is 1500. The number of hydrogen-bond acceptors (Lipinski definition) is 1. The molecule has 0 amide bonds. The first kappa shape index (κ1) is 18.5. The molecule has 2 aliphatic rings. The second kappa shape index (κ2) is 7.25. The average Bonchev–Trinajstić information content (AvgIpc) is 3.26. The van der Waals surface area contributed by atoms with Crippen LogP contribution >= 0.6 is 0 Å². The Balaban J connectivity index is 1.49. The van der Waals surface area contributed by atoms with E-state index in [0.717, 1.165) is 6.42 Å². The smallest absolute Gasteiger partial charge is 0.328 e. The van der Waals surface area contributed by atoms with Crippen molar-refractivity contribution in [2.45, 2.75) is 6.42 Å². The Kier molecular flexibility index (Phi) is 4.07. The molecule has 1 heterocycles. The molecule has 1 nitrogen and oxygen atoms in total. The van der Waals surface area contributed by atoms with Crippen LogP contribution in [0.4, 0.5) is 11.4 Å². The maximum atomic E-state index is 2.54. The molecule has 0 bridgehead atoms. The molecule has 0 aromatic heterocycles. The van der Waals surface area contributed by atoms with E-state index in [1.54, 1.807) is 0 Å². The van der Waals surface area contributed by atoms with Crippen LogP contribution < -0.4 is 15.7 Å². The number of nitrogens with zero attached hydrogens (tertiary/aromatic N) is 1. The lowest BCUT2D eigenvalue weighted by Gasteiger charge is -2.39. The third-order valence-electron chi connectivity index (χ3n) is 7.14. The molecule has 0 N–H and O–H groups in total. The van der Waals surface area contributed by atoms with Gasteiger partial charge in [0.05, 0.1) is 0 Å². The number of anilines is 2. The van der Waals surface area contributed by atoms with E-state index in [1.165, 1.54) is 55.7 Å². The Morgan fingerprint density at radius 1 is 0.515 bits per heavy atom. The first-order valence-corrected chi connectivity index (χ1v) is 11.6. The highest BCUT2D eigenvalue weighted by Gasteiger charge is 2.37. The molecular weight excluding hydrogens is 397 g/mol. The molecule has 5 aromatic rings. The Morgan fingerprint density at radius 3 is 2.06 bits per heavy atom. The maximum absolute atomic E-state index is 2.54. The third-order valence-corrected chi connectivity index (χ3v) is 7.14. The van der Waals surface area contributed by atoms with Crippen LogP contribution in [0.25, 0.3) is 22.3 Å². The van der Waals surface area contributed by atoms with Crippen molar-refractivity contribution in [2.24, 2.45) is 0 Å². The van der Waals surface area contributed by atoms with Gasteiger partial charge in [-0.1, -0.05) is 109 Å². The minimum Gasteiger partial charge on any atom is -0.376 e. The summed E-state index contributed by atoms with van der Waals surface area (Å²) in [6.45, 7) is 0.118. The summed E-state index contributed by atoms with van der Waals surface area (Å²) in [5, 5.41) is 0. The van der Waals surface area contributed by atoms with Crippen LogP contribution in [-0.2, 0) is 6.42 Å². The number of fused-ring (bicyclic) bond motifs is 6. The molecular formula is C31H22BN. The highest BCUT2D eigenvalue weighted by atomic mass is 15.1. The van der Waals surface area contributed by atoms with E-state index in [0.29, 0.717) is 0 Å². The van der Waals surface area contributed by atoms with Crippen molar-refractivity contribution in [3.63, 3.8) is 0 Å². The lowest BCUT2D eigenvalue weighted by molar-refractivity contribution is 1.26. The van der Waals surface area contributed by atoms with Gasteiger partial charge in [-0.3, -0.25) is 0 Å². The topological polar surface area (TPSA) is 3.24 Å². The predicted molar refractivity (Wildman–Crippen MR) is 140 cm³/mol. The number of rotatable bonds is 2. The summed E-state index contributed by atoms with van der Waals surface area (Å²) in [7, 11) is 0. The van der Waals surface area contributed by atoms with Gasteiger partial charge >= 0.3 is 6.85 Å². The van der Waals surface area contributed by atoms with E-state index in [9.17, 15) is 0 Å². The molecule has 0 saturated carbocycles. The SMILES string of the molecule is c1ccc(B2c3ccccc3-c3ccccc3N2c2ccc3c(c2)-c2ccccc2C3)cc1. The molecule has 0 fully saturated rings. The first-order chi connectivity index (χ1) is 16.4. The largest absolute Gasteiger partial charge is 0.376 e. The fraction of sp³-hybridized carbons (Fsp3) is 0.0323. The molecule has 7 rings (SSSR count). The van der Waals surface area contributed by atoms with Gasteiger partial charge in [-0.15, -0.1) is 0 Å². The first-order valence-electron chi connectivity index (χ1n) is 11.6. The molecule has 0 spiro atoms. The zero-order chi connectivity index (χ0) is 21.8. The molecule has 154 valence electrons. The van der Waals surface area contributed by atoms with Crippen molar-refractivity contribution in [1.29, 1.82) is 0 Å². The summed E-state index contributed by atoms with van der Waals surface area (Å²) >= 11 is 0. The minimum atomic E-state index is 0.118. The molecule has 33 heavy (non-hydrogen) atoms. The lowest BCUT2D eigenvalue weighted by Crippen LogP contribution is -2.57. The van der Waals surface area contributed by atoms with Gasteiger partial charge in [-0.05, 0) is 57.9 Å². The second-order valence-electron chi connectivity index (χ2n) is 8.96. The van der Waals surface area contributed by atoms with Crippen LogP contribution in [0.3, 0.4) is 0 Å². The van der Waals surface area contributed by atoms with E-state index in [1.807, 2.05) is 0 Å². The normalized spacial score (nSPS) is 13.2. The van der Waals surface area contributed by atoms with Crippen LogP contribution in [0.1, 0.15) is 11.1 Å². The molecule has 0 saturated heterocycles. The summed E-state index contributed by atoms with van der Waals surface area (Å²) < 4.78 is 0. The van der Waals surface area contributed by atoms with E-state index >= 15 is 0 Å². The van der Waals surface area contributed by atoms with Crippen molar-refractivity contribution in [1.82, 2.24) is 0 Å². The Morgan fingerprint density at radius 2 is 1.18 bits per heavy atom. The van der Waals surface area contributed by atoms with Crippen LogP contribution in [0.2, 0.25) is 0 Å². The van der Waals surface area contributed by atoms with Crippen LogP contribution in [0, 0.1) is 0 Å². The zero-order valence-electron chi connectivity index (χ0n) is 18.3. The van der Waals surface area contributed by atoms with Gasteiger partial charge in [0, 0.05) is 16.9 Å². The quantitative estimate of drug-likeness (QED) is 0.303. The van der Waals surface area contributed by atoms with Gasteiger partial charge < -0.3 is 4.81 Å². The molecule has 0 radical (unpaired) electrons. The Labute approximate surface area is 195 Å². The van der Waals surface area contributed by atoms with Gasteiger partial charge in [0.15, 0.2) is 0 Å². The van der Waals surface area contributed by atoms with Gasteiger partial charge in [-0.2, -0.15) is 0 Å². The lowest BCUT2D eigenvalue weighted by atomic mass is 9.46. The summed E-state index contributed by atoms with van der Waals surface area (Å²) in [6, 6.07) is 44.5. The fourth-order valence-corrected chi connectivity index (χ4v) is 5.68. The van der Waals surface area contributed by atoms with E-state index in [-0.39, 0.29) is 6.85 Å². The van der Waals surface area contributed by atoms with E-state index in [4.69, 9.17) is 0 Å².